The lowest BCUT2D eigenvalue weighted by Gasteiger charge is -2.07. The minimum Gasteiger partial charge on any atom is -0.294 e. The van der Waals surface area contributed by atoms with Crippen molar-refractivity contribution in [2.45, 2.75) is 32.6 Å². The number of rotatable bonds is 1. The predicted octanol–water partition coefficient (Wildman–Crippen LogP) is 3.50. The van der Waals surface area contributed by atoms with Crippen molar-refractivity contribution < 1.29 is 9.18 Å². The number of aryl methyl sites for hydroxylation is 2. The van der Waals surface area contributed by atoms with Gasteiger partial charge in [0, 0.05) is 18.2 Å². The van der Waals surface area contributed by atoms with E-state index in [4.69, 9.17) is 0 Å². The smallest absolute Gasteiger partial charge is 0.166 e. The van der Waals surface area contributed by atoms with Gasteiger partial charge in [0.05, 0.1) is 11.3 Å². The number of fused-ring (bicyclic) bond motifs is 1. The third-order valence-corrected chi connectivity index (χ3v) is 3.65. The summed E-state index contributed by atoms with van der Waals surface area (Å²) in [6.07, 6.45) is 4.87. The van der Waals surface area contributed by atoms with Crippen LogP contribution in [-0.4, -0.2) is 15.8 Å². The fourth-order valence-electron chi connectivity index (χ4n) is 2.48. The SMILES string of the molecule is Cc1cc(-c2ncc3c(n2)CCCCC3=O)ccc1F. The zero-order valence-electron chi connectivity index (χ0n) is 11.3. The van der Waals surface area contributed by atoms with Gasteiger partial charge >= 0.3 is 0 Å². The Hall–Kier alpha value is -2.10. The van der Waals surface area contributed by atoms with E-state index in [9.17, 15) is 9.18 Å². The standard InChI is InChI=1S/C16H15FN2O/c1-10-8-11(6-7-13(10)17)16-18-9-12-14(19-16)4-2-3-5-15(12)20/h6-9H,2-5H2,1H3. The fraction of sp³-hybridized carbons (Fsp3) is 0.312. The van der Waals surface area contributed by atoms with Crippen molar-refractivity contribution in [1.82, 2.24) is 9.97 Å². The molecule has 102 valence electrons. The monoisotopic (exact) mass is 270 g/mol. The molecule has 1 aromatic heterocycles. The van der Waals surface area contributed by atoms with Gasteiger partial charge in [-0.1, -0.05) is 0 Å². The highest BCUT2D eigenvalue weighted by molar-refractivity contribution is 5.97. The molecule has 4 heteroatoms. The van der Waals surface area contributed by atoms with Gasteiger partial charge < -0.3 is 0 Å². The van der Waals surface area contributed by atoms with E-state index in [-0.39, 0.29) is 11.6 Å². The molecular formula is C16H15FN2O. The van der Waals surface area contributed by atoms with Crippen LogP contribution in [0.3, 0.4) is 0 Å². The molecule has 1 aromatic carbocycles. The number of hydrogen-bond donors (Lipinski definition) is 0. The van der Waals surface area contributed by atoms with E-state index < -0.39 is 0 Å². The van der Waals surface area contributed by atoms with E-state index in [1.807, 2.05) is 0 Å². The maximum atomic E-state index is 13.3. The summed E-state index contributed by atoms with van der Waals surface area (Å²) in [5, 5.41) is 0. The third kappa shape index (κ3) is 2.33. The van der Waals surface area contributed by atoms with Crippen LogP contribution in [0.2, 0.25) is 0 Å². The molecule has 0 atom stereocenters. The summed E-state index contributed by atoms with van der Waals surface area (Å²) in [5.74, 6) is 0.444. The van der Waals surface area contributed by atoms with Gasteiger partial charge in [-0.15, -0.1) is 0 Å². The number of benzene rings is 1. The zero-order valence-corrected chi connectivity index (χ0v) is 11.3. The molecule has 20 heavy (non-hydrogen) atoms. The Kier molecular flexibility index (Phi) is 3.30. The second-order valence-electron chi connectivity index (χ2n) is 5.15. The molecule has 3 rings (SSSR count). The predicted molar refractivity (Wildman–Crippen MR) is 74.0 cm³/mol. The van der Waals surface area contributed by atoms with Crippen LogP contribution in [0.15, 0.2) is 24.4 Å². The molecule has 0 unspecified atom stereocenters. The van der Waals surface area contributed by atoms with Crippen LogP contribution in [-0.2, 0) is 6.42 Å². The number of nitrogens with zero attached hydrogens (tertiary/aromatic N) is 2. The average molecular weight is 270 g/mol. The molecule has 0 fully saturated rings. The molecule has 0 radical (unpaired) electrons. The Bertz CT molecular complexity index is 682. The van der Waals surface area contributed by atoms with Crippen LogP contribution in [0.25, 0.3) is 11.4 Å². The molecule has 3 nitrogen and oxygen atoms in total. The Morgan fingerprint density at radius 3 is 2.80 bits per heavy atom. The molecular weight excluding hydrogens is 255 g/mol. The van der Waals surface area contributed by atoms with E-state index >= 15 is 0 Å². The average Bonchev–Trinajstić information content (AvgIpc) is 2.63. The molecule has 0 bridgehead atoms. The number of hydrogen-bond acceptors (Lipinski definition) is 3. The topological polar surface area (TPSA) is 42.9 Å². The molecule has 0 spiro atoms. The van der Waals surface area contributed by atoms with Crippen LogP contribution >= 0.6 is 0 Å². The fourth-order valence-corrected chi connectivity index (χ4v) is 2.48. The second kappa shape index (κ2) is 5.12. The van der Waals surface area contributed by atoms with Gasteiger partial charge in [-0.05, 0) is 49.9 Å². The molecule has 1 heterocycles. The Labute approximate surface area is 116 Å². The van der Waals surface area contributed by atoms with Crippen molar-refractivity contribution in [2.24, 2.45) is 0 Å². The first kappa shape index (κ1) is 12.9. The second-order valence-corrected chi connectivity index (χ2v) is 5.15. The van der Waals surface area contributed by atoms with E-state index in [1.54, 1.807) is 25.3 Å². The highest BCUT2D eigenvalue weighted by atomic mass is 19.1. The number of halogens is 1. The normalized spacial score (nSPS) is 14.8. The van der Waals surface area contributed by atoms with Gasteiger partial charge in [-0.25, -0.2) is 14.4 Å². The number of ketones is 1. The quantitative estimate of drug-likeness (QED) is 0.745. The van der Waals surface area contributed by atoms with Crippen LogP contribution < -0.4 is 0 Å². The van der Waals surface area contributed by atoms with Crippen molar-refractivity contribution in [3.05, 3.63) is 47.0 Å². The summed E-state index contributed by atoms with van der Waals surface area (Å²) in [6, 6.07) is 4.82. The molecule has 2 aromatic rings. The van der Waals surface area contributed by atoms with E-state index in [0.717, 1.165) is 30.5 Å². The number of aromatic nitrogens is 2. The maximum Gasteiger partial charge on any atom is 0.166 e. The first-order valence-corrected chi connectivity index (χ1v) is 6.81. The zero-order chi connectivity index (χ0) is 14.1. The first-order valence-electron chi connectivity index (χ1n) is 6.81. The highest BCUT2D eigenvalue weighted by Crippen LogP contribution is 2.23. The van der Waals surface area contributed by atoms with Gasteiger partial charge in [-0.3, -0.25) is 4.79 Å². The first-order chi connectivity index (χ1) is 9.65. The molecule has 1 aliphatic carbocycles. The van der Waals surface area contributed by atoms with Crippen LogP contribution in [0, 0.1) is 12.7 Å². The minimum atomic E-state index is -0.237. The van der Waals surface area contributed by atoms with Crippen molar-refractivity contribution in [1.29, 1.82) is 0 Å². The molecule has 0 saturated heterocycles. The Morgan fingerprint density at radius 2 is 2.00 bits per heavy atom. The molecule has 0 amide bonds. The summed E-state index contributed by atoms with van der Waals surface area (Å²) in [4.78, 5) is 20.7. The van der Waals surface area contributed by atoms with Gasteiger partial charge in [0.1, 0.15) is 5.82 Å². The maximum absolute atomic E-state index is 13.3. The van der Waals surface area contributed by atoms with Crippen LogP contribution in [0.4, 0.5) is 4.39 Å². The van der Waals surface area contributed by atoms with Crippen molar-refractivity contribution in [2.75, 3.05) is 0 Å². The Balaban J connectivity index is 2.05. The summed E-state index contributed by atoms with van der Waals surface area (Å²) < 4.78 is 13.3. The molecule has 0 aliphatic heterocycles. The number of carbonyl (C=O) groups excluding carboxylic acids is 1. The van der Waals surface area contributed by atoms with Gasteiger partial charge in [0.2, 0.25) is 0 Å². The largest absolute Gasteiger partial charge is 0.294 e. The van der Waals surface area contributed by atoms with E-state index in [0.29, 0.717) is 23.4 Å². The summed E-state index contributed by atoms with van der Waals surface area (Å²) in [5.41, 5.74) is 2.81. The number of Topliss-reactive ketones (excluding diaryl/α,β-unsaturated/α-hetero) is 1. The van der Waals surface area contributed by atoms with E-state index in [1.165, 1.54) is 6.07 Å². The summed E-state index contributed by atoms with van der Waals surface area (Å²) >= 11 is 0. The van der Waals surface area contributed by atoms with Crippen LogP contribution in [0.1, 0.15) is 40.9 Å². The van der Waals surface area contributed by atoms with Gasteiger partial charge in [-0.2, -0.15) is 0 Å². The highest BCUT2D eigenvalue weighted by Gasteiger charge is 2.18. The van der Waals surface area contributed by atoms with Gasteiger partial charge in [0.15, 0.2) is 11.6 Å². The minimum absolute atomic E-state index is 0.124. The third-order valence-electron chi connectivity index (χ3n) is 3.65. The van der Waals surface area contributed by atoms with Gasteiger partial charge in [0.25, 0.3) is 0 Å². The van der Waals surface area contributed by atoms with E-state index in [2.05, 4.69) is 9.97 Å². The van der Waals surface area contributed by atoms with Crippen molar-refractivity contribution in [3.8, 4) is 11.4 Å². The Morgan fingerprint density at radius 1 is 1.20 bits per heavy atom. The summed E-state index contributed by atoms with van der Waals surface area (Å²) in [6.45, 7) is 1.71. The van der Waals surface area contributed by atoms with Crippen molar-refractivity contribution in [3.63, 3.8) is 0 Å². The molecule has 1 aliphatic rings. The lowest BCUT2D eigenvalue weighted by molar-refractivity contribution is 0.0981. The molecule has 0 saturated carbocycles. The number of carbonyl (C=O) groups is 1. The summed E-state index contributed by atoms with van der Waals surface area (Å²) in [7, 11) is 0. The molecule has 0 N–H and O–H groups in total. The van der Waals surface area contributed by atoms with Crippen molar-refractivity contribution >= 4 is 5.78 Å². The lowest BCUT2D eigenvalue weighted by atomic mass is 10.1. The van der Waals surface area contributed by atoms with Crippen LogP contribution in [0.5, 0.6) is 0 Å². The lowest BCUT2D eigenvalue weighted by Crippen LogP contribution is -2.05.